The van der Waals surface area contributed by atoms with Gasteiger partial charge in [-0.1, -0.05) is 41.6 Å². The number of hydrogen-bond acceptors (Lipinski definition) is 5. The van der Waals surface area contributed by atoms with Crippen LogP contribution in [0.4, 0.5) is 0 Å². The van der Waals surface area contributed by atoms with Gasteiger partial charge in [0, 0.05) is 6.42 Å². The number of rotatable bonds is 5. The number of aliphatic carboxylic acids is 1. The number of benzene rings is 1. The standard InChI is InChI=1S/C13H16N4O2S/c1-8-3-5-10(6-4-8)7-11-15-16-13(17(11)14)20-9(2)12(18)19/h3-6,9H,7,14H2,1-2H3,(H,18,19). The highest BCUT2D eigenvalue weighted by Crippen LogP contribution is 2.21. The minimum Gasteiger partial charge on any atom is -0.480 e. The highest BCUT2D eigenvalue weighted by atomic mass is 32.2. The second-order valence-corrected chi connectivity index (χ2v) is 5.84. The van der Waals surface area contributed by atoms with Crippen LogP contribution in [0, 0.1) is 6.92 Å². The Morgan fingerprint density at radius 2 is 2.05 bits per heavy atom. The quantitative estimate of drug-likeness (QED) is 0.640. The van der Waals surface area contributed by atoms with Gasteiger partial charge in [0.05, 0.1) is 0 Å². The Morgan fingerprint density at radius 1 is 1.40 bits per heavy atom. The van der Waals surface area contributed by atoms with Gasteiger partial charge < -0.3 is 10.9 Å². The van der Waals surface area contributed by atoms with E-state index in [9.17, 15) is 4.79 Å². The van der Waals surface area contributed by atoms with Gasteiger partial charge in [-0.15, -0.1) is 10.2 Å². The summed E-state index contributed by atoms with van der Waals surface area (Å²) < 4.78 is 1.35. The maximum Gasteiger partial charge on any atom is 0.316 e. The summed E-state index contributed by atoms with van der Waals surface area (Å²) in [6.45, 7) is 3.61. The Hall–Kier alpha value is -2.02. The summed E-state index contributed by atoms with van der Waals surface area (Å²) in [5.74, 6) is 5.61. The third-order valence-corrected chi connectivity index (χ3v) is 3.89. The molecule has 1 unspecified atom stereocenters. The fraction of sp³-hybridized carbons (Fsp3) is 0.308. The van der Waals surface area contributed by atoms with Crippen LogP contribution in [0.15, 0.2) is 29.4 Å². The Bertz CT molecular complexity index is 609. The second kappa shape index (κ2) is 5.96. The van der Waals surface area contributed by atoms with Gasteiger partial charge in [-0.05, 0) is 19.4 Å². The number of nitrogens with two attached hydrogens (primary N) is 1. The number of carboxylic acids is 1. The molecule has 6 nitrogen and oxygen atoms in total. The Balaban J connectivity index is 2.12. The van der Waals surface area contributed by atoms with Crippen molar-refractivity contribution in [1.29, 1.82) is 0 Å². The second-order valence-electron chi connectivity index (χ2n) is 4.53. The molecule has 0 saturated heterocycles. The average molecular weight is 292 g/mol. The van der Waals surface area contributed by atoms with Crippen molar-refractivity contribution in [3.05, 3.63) is 41.2 Å². The minimum absolute atomic E-state index is 0.405. The number of nitrogen functional groups attached to an aromatic ring is 1. The highest BCUT2D eigenvalue weighted by molar-refractivity contribution is 8.00. The van der Waals surface area contributed by atoms with Gasteiger partial charge in [-0.25, -0.2) is 4.68 Å². The molecule has 1 heterocycles. The van der Waals surface area contributed by atoms with Gasteiger partial charge in [0.15, 0.2) is 5.82 Å². The molecule has 20 heavy (non-hydrogen) atoms. The molecule has 0 fully saturated rings. The summed E-state index contributed by atoms with van der Waals surface area (Å²) in [4.78, 5) is 10.8. The van der Waals surface area contributed by atoms with Crippen molar-refractivity contribution < 1.29 is 9.90 Å². The third kappa shape index (κ3) is 3.30. The van der Waals surface area contributed by atoms with Gasteiger partial charge in [0.1, 0.15) is 5.25 Å². The summed E-state index contributed by atoms with van der Waals surface area (Å²) in [6.07, 6.45) is 0.561. The van der Waals surface area contributed by atoms with Crippen LogP contribution < -0.4 is 5.84 Å². The van der Waals surface area contributed by atoms with E-state index in [1.165, 1.54) is 10.2 Å². The number of thioether (sulfide) groups is 1. The van der Waals surface area contributed by atoms with Gasteiger partial charge in [0.25, 0.3) is 0 Å². The van der Waals surface area contributed by atoms with Crippen LogP contribution in [0.1, 0.15) is 23.9 Å². The third-order valence-electron chi connectivity index (χ3n) is 2.85. The van der Waals surface area contributed by atoms with Gasteiger partial charge in [0.2, 0.25) is 5.16 Å². The zero-order valence-electron chi connectivity index (χ0n) is 11.3. The molecule has 0 saturated carbocycles. The molecule has 3 N–H and O–H groups in total. The van der Waals surface area contributed by atoms with E-state index in [2.05, 4.69) is 10.2 Å². The van der Waals surface area contributed by atoms with Crippen molar-refractivity contribution in [3.63, 3.8) is 0 Å². The van der Waals surface area contributed by atoms with E-state index < -0.39 is 11.2 Å². The van der Waals surface area contributed by atoms with Crippen molar-refractivity contribution in [2.45, 2.75) is 30.7 Å². The first-order valence-electron chi connectivity index (χ1n) is 6.11. The summed E-state index contributed by atoms with van der Waals surface area (Å²) in [6, 6.07) is 8.07. The number of hydrogen-bond donors (Lipinski definition) is 2. The van der Waals surface area contributed by atoms with E-state index in [0.717, 1.165) is 17.3 Å². The lowest BCUT2D eigenvalue weighted by atomic mass is 10.1. The van der Waals surface area contributed by atoms with Crippen LogP contribution >= 0.6 is 11.8 Å². The topological polar surface area (TPSA) is 94.0 Å². The van der Waals surface area contributed by atoms with Crippen molar-refractivity contribution in [1.82, 2.24) is 14.9 Å². The smallest absolute Gasteiger partial charge is 0.316 e. The van der Waals surface area contributed by atoms with Crippen LogP contribution in [-0.2, 0) is 11.2 Å². The Morgan fingerprint density at radius 3 is 2.65 bits per heavy atom. The lowest BCUT2D eigenvalue weighted by Gasteiger charge is -2.06. The molecule has 0 amide bonds. The highest BCUT2D eigenvalue weighted by Gasteiger charge is 2.18. The fourth-order valence-electron chi connectivity index (χ4n) is 1.61. The lowest BCUT2D eigenvalue weighted by Crippen LogP contribution is -2.17. The van der Waals surface area contributed by atoms with Crippen molar-refractivity contribution >= 4 is 17.7 Å². The SMILES string of the molecule is Cc1ccc(Cc2nnc(SC(C)C(=O)O)n2N)cc1. The van der Waals surface area contributed by atoms with Crippen molar-refractivity contribution in [2.24, 2.45) is 0 Å². The largest absolute Gasteiger partial charge is 0.480 e. The molecule has 106 valence electrons. The first-order valence-corrected chi connectivity index (χ1v) is 6.99. The average Bonchev–Trinajstić information content (AvgIpc) is 2.74. The van der Waals surface area contributed by atoms with Crippen LogP contribution in [0.5, 0.6) is 0 Å². The normalized spacial score (nSPS) is 12.3. The monoisotopic (exact) mass is 292 g/mol. The van der Waals surface area contributed by atoms with Crippen molar-refractivity contribution in [3.8, 4) is 0 Å². The summed E-state index contributed by atoms with van der Waals surface area (Å²) in [7, 11) is 0. The number of carboxylic acid groups (broad SMARTS) is 1. The zero-order valence-corrected chi connectivity index (χ0v) is 12.1. The molecule has 2 rings (SSSR count). The number of carbonyl (C=O) groups is 1. The van der Waals surface area contributed by atoms with Gasteiger partial charge >= 0.3 is 5.97 Å². The lowest BCUT2D eigenvalue weighted by molar-refractivity contribution is -0.136. The molecule has 0 aliphatic carbocycles. The molecular formula is C13H16N4O2S. The molecule has 0 spiro atoms. The van der Waals surface area contributed by atoms with Crippen LogP contribution in [0.2, 0.25) is 0 Å². The number of nitrogens with zero attached hydrogens (tertiary/aromatic N) is 3. The molecule has 2 aromatic rings. The first kappa shape index (κ1) is 14.4. The zero-order chi connectivity index (χ0) is 14.7. The van der Waals surface area contributed by atoms with Crippen LogP contribution in [-0.4, -0.2) is 31.2 Å². The predicted molar refractivity (Wildman–Crippen MR) is 77.1 cm³/mol. The van der Waals surface area contributed by atoms with E-state index >= 15 is 0 Å². The molecule has 0 aliphatic heterocycles. The maximum absolute atomic E-state index is 10.8. The molecular weight excluding hydrogens is 276 g/mol. The molecule has 7 heteroatoms. The van der Waals surface area contributed by atoms with Gasteiger partial charge in [-0.2, -0.15) is 0 Å². The minimum atomic E-state index is -0.905. The van der Waals surface area contributed by atoms with Gasteiger partial charge in [-0.3, -0.25) is 4.79 Å². The number of aromatic nitrogens is 3. The van der Waals surface area contributed by atoms with E-state index in [4.69, 9.17) is 10.9 Å². The first-order chi connectivity index (χ1) is 9.47. The van der Waals surface area contributed by atoms with E-state index in [1.807, 2.05) is 31.2 Å². The molecule has 0 radical (unpaired) electrons. The maximum atomic E-state index is 10.8. The predicted octanol–water partition coefficient (Wildman–Crippen LogP) is 1.46. The molecule has 1 atom stereocenters. The fourth-order valence-corrected chi connectivity index (χ4v) is 2.33. The van der Waals surface area contributed by atoms with Crippen LogP contribution in [0.3, 0.4) is 0 Å². The molecule has 1 aromatic carbocycles. The molecule has 0 bridgehead atoms. The summed E-state index contributed by atoms with van der Waals surface area (Å²) in [5.41, 5.74) is 2.27. The van der Waals surface area contributed by atoms with Crippen LogP contribution in [0.25, 0.3) is 0 Å². The van der Waals surface area contributed by atoms with E-state index in [0.29, 0.717) is 17.4 Å². The van der Waals surface area contributed by atoms with Crippen molar-refractivity contribution in [2.75, 3.05) is 5.84 Å². The Kier molecular flexibility index (Phi) is 4.29. The van der Waals surface area contributed by atoms with E-state index in [1.54, 1.807) is 6.92 Å². The van der Waals surface area contributed by atoms with E-state index in [-0.39, 0.29) is 0 Å². The molecule has 1 aromatic heterocycles. The number of aryl methyl sites for hydroxylation is 1. The summed E-state index contributed by atoms with van der Waals surface area (Å²) >= 11 is 1.08. The Labute approximate surface area is 121 Å². The summed E-state index contributed by atoms with van der Waals surface area (Å²) in [5, 5.41) is 16.6. The molecule has 0 aliphatic rings.